The highest BCUT2D eigenvalue weighted by Gasteiger charge is 2.42. The smallest absolute Gasteiger partial charge is 0.252 e. The van der Waals surface area contributed by atoms with E-state index in [1.807, 2.05) is 6.92 Å². The molecule has 3 N–H and O–H groups in total. The van der Waals surface area contributed by atoms with Crippen molar-refractivity contribution in [3.63, 3.8) is 0 Å². The van der Waals surface area contributed by atoms with Crippen molar-refractivity contribution in [2.75, 3.05) is 5.32 Å². The van der Waals surface area contributed by atoms with Crippen LogP contribution < -0.4 is 16.2 Å². The van der Waals surface area contributed by atoms with E-state index in [-0.39, 0.29) is 11.5 Å². The first kappa shape index (κ1) is 12.3. The monoisotopic (exact) mass is 249 g/mol. The number of H-pyrrole nitrogens is 1. The van der Waals surface area contributed by atoms with E-state index in [9.17, 15) is 14.4 Å². The lowest BCUT2D eigenvalue weighted by Crippen LogP contribution is -2.51. The standard InChI is InChI=1S/C12H15N3O3/c1-2-3-12(11(18)14-7-16)5-8-4-10(17)13-6-9(8)15-12/h4,6-7,15H,2-3,5H2,1H3,(H,13,17)(H,14,16,18). The second-order valence-corrected chi connectivity index (χ2v) is 4.46. The number of aromatic amines is 1. The highest BCUT2D eigenvalue weighted by atomic mass is 16.2. The quantitative estimate of drug-likeness (QED) is 0.663. The van der Waals surface area contributed by atoms with Gasteiger partial charge in [-0.3, -0.25) is 19.7 Å². The molecule has 0 radical (unpaired) electrons. The molecule has 0 aromatic carbocycles. The second-order valence-electron chi connectivity index (χ2n) is 4.46. The Labute approximate surface area is 104 Å². The van der Waals surface area contributed by atoms with Crippen molar-refractivity contribution in [1.29, 1.82) is 0 Å². The number of carbonyl (C=O) groups is 2. The van der Waals surface area contributed by atoms with Crippen LogP contribution in [0.3, 0.4) is 0 Å². The summed E-state index contributed by atoms with van der Waals surface area (Å²) in [6.45, 7) is 1.96. The van der Waals surface area contributed by atoms with E-state index in [0.29, 0.717) is 19.3 Å². The minimum atomic E-state index is -0.834. The largest absolute Gasteiger partial charge is 0.370 e. The molecule has 1 aliphatic heterocycles. The fourth-order valence-corrected chi connectivity index (χ4v) is 2.42. The molecule has 0 aliphatic carbocycles. The first-order chi connectivity index (χ1) is 8.61. The van der Waals surface area contributed by atoms with Crippen LogP contribution in [-0.2, 0) is 16.0 Å². The maximum absolute atomic E-state index is 12.0. The molecule has 1 unspecified atom stereocenters. The summed E-state index contributed by atoms with van der Waals surface area (Å²) in [5.74, 6) is -0.358. The van der Waals surface area contributed by atoms with Crippen LogP contribution in [0.4, 0.5) is 5.69 Å². The Hall–Kier alpha value is -2.11. The van der Waals surface area contributed by atoms with Gasteiger partial charge in [0.05, 0.1) is 5.69 Å². The van der Waals surface area contributed by atoms with Gasteiger partial charge in [-0.25, -0.2) is 0 Å². The molecule has 1 aromatic rings. The lowest BCUT2D eigenvalue weighted by atomic mass is 9.89. The summed E-state index contributed by atoms with van der Waals surface area (Å²) in [6, 6.07) is 1.48. The van der Waals surface area contributed by atoms with Crippen LogP contribution in [0.2, 0.25) is 0 Å². The van der Waals surface area contributed by atoms with Crippen LogP contribution in [-0.4, -0.2) is 22.8 Å². The highest BCUT2D eigenvalue weighted by molar-refractivity contribution is 5.97. The van der Waals surface area contributed by atoms with Crippen molar-refractivity contribution in [2.45, 2.75) is 31.7 Å². The number of carbonyl (C=O) groups excluding carboxylic acids is 2. The van der Waals surface area contributed by atoms with Gasteiger partial charge in [0, 0.05) is 18.7 Å². The van der Waals surface area contributed by atoms with Crippen molar-refractivity contribution in [1.82, 2.24) is 10.3 Å². The fourth-order valence-electron chi connectivity index (χ4n) is 2.42. The number of nitrogens with one attached hydrogen (secondary N) is 3. The number of aromatic nitrogens is 1. The molecule has 0 saturated carbocycles. The number of pyridine rings is 1. The van der Waals surface area contributed by atoms with E-state index < -0.39 is 5.54 Å². The molecule has 1 aliphatic rings. The number of amides is 2. The summed E-state index contributed by atoms with van der Waals surface area (Å²) in [5.41, 5.74) is 0.510. The SMILES string of the molecule is CCCC1(C(=O)NC=O)Cc2cc(=O)[nH]cc2N1. The molecule has 2 amide bonds. The van der Waals surface area contributed by atoms with Gasteiger partial charge in [0.25, 0.3) is 5.91 Å². The van der Waals surface area contributed by atoms with E-state index in [1.54, 1.807) is 6.20 Å². The van der Waals surface area contributed by atoms with E-state index in [2.05, 4.69) is 15.6 Å². The van der Waals surface area contributed by atoms with E-state index in [1.165, 1.54) is 6.07 Å². The maximum Gasteiger partial charge on any atom is 0.252 e. The van der Waals surface area contributed by atoms with Crippen molar-refractivity contribution in [2.24, 2.45) is 0 Å². The Kier molecular flexibility index (Phi) is 3.18. The number of fused-ring (bicyclic) bond motifs is 1. The molecule has 2 rings (SSSR count). The van der Waals surface area contributed by atoms with E-state index >= 15 is 0 Å². The van der Waals surface area contributed by atoms with Crippen LogP contribution in [0, 0.1) is 0 Å². The van der Waals surface area contributed by atoms with Gasteiger partial charge in [0.1, 0.15) is 5.54 Å². The Morgan fingerprint density at radius 2 is 2.39 bits per heavy atom. The molecule has 0 saturated heterocycles. The summed E-state index contributed by atoms with van der Waals surface area (Å²) in [6.07, 6.45) is 3.75. The van der Waals surface area contributed by atoms with Crippen LogP contribution in [0.25, 0.3) is 0 Å². The van der Waals surface area contributed by atoms with Gasteiger partial charge in [0.15, 0.2) is 0 Å². The van der Waals surface area contributed by atoms with Gasteiger partial charge < -0.3 is 10.3 Å². The Morgan fingerprint density at radius 3 is 3.06 bits per heavy atom. The van der Waals surface area contributed by atoms with Crippen molar-refractivity contribution >= 4 is 18.0 Å². The average Bonchev–Trinajstić information content (AvgIpc) is 2.68. The molecule has 1 aromatic heterocycles. The highest BCUT2D eigenvalue weighted by Crippen LogP contribution is 2.34. The predicted octanol–water partition coefficient (Wildman–Crippen LogP) is 0.154. The minimum absolute atomic E-state index is 0.196. The molecular weight excluding hydrogens is 234 g/mol. The van der Waals surface area contributed by atoms with E-state index in [4.69, 9.17) is 0 Å². The summed E-state index contributed by atoms with van der Waals surface area (Å²) >= 11 is 0. The molecule has 0 spiro atoms. The lowest BCUT2D eigenvalue weighted by Gasteiger charge is -2.27. The molecule has 2 heterocycles. The summed E-state index contributed by atoms with van der Waals surface area (Å²) < 4.78 is 0. The number of hydrogen-bond donors (Lipinski definition) is 3. The number of imide groups is 1. The fraction of sp³-hybridized carbons (Fsp3) is 0.417. The Balaban J connectivity index is 2.34. The van der Waals surface area contributed by atoms with Crippen molar-refractivity contribution < 1.29 is 9.59 Å². The zero-order valence-electron chi connectivity index (χ0n) is 10.1. The van der Waals surface area contributed by atoms with Crippen molar-refractivity contribution in [3.05, 3.63) is 28.2 Å². The molecular formula is C12H15N3O3. The number of rotatable bonds is 4. The zero-order chi connectivity index (χ0) is 13.2. The maximum atomic E-state index is 12.0. The van der Waals surface area contributed by atoms with Gasteiger partial charge in [-0.1, -0.05) is 13.3 Å². The van der Waals surface area contributed by atoms with Gasteiger partial charge >= 0.3 is 0 Å². The lowest BCUT2D eigenvalue weighted by molar-refractivity contribution is -0.128. The third kappa shape index (κ3) is 2.01. The molecule has 0 bridgehead atoms. The summed E-state index contributed by atoms with van der Waals surface area (Å²) in [5, 5.41) is 5.31. The Bertz CT molecular complexity index is 538. The first-order valence-corrected chi connectivity index (χ1v) is 5.86. The average molecular weight is 249 g/mol. The summed E-state index contributed by atoms with van der Waals surface area (Å²) in [7, 11) is 0. The topological polar surface area (TPSA) is 91.1 Å². The van der Waals surface area contributed by atoms with E-state index in [0.717, 1.165) is 17.7 Å². The molecule has 6 nitrogen and oxygen atoms in total. The van der Waals surface area contributed by atoms with Crippen LogP contribution in [0.15, 0.2) is 17.1 Å². The van der Waals surface area contributed by atoms with Gasteiger partial charge in [-0.15, -0.1) is 0 Å². The molecule has 96 valence electrons. The summed E-state index contributed by atoms with van der Waals surface area (Å²) in [4.78, 5) is 36.3. The molecule has 6 heteroatoms. The zero-order valence-corrected chi connectivity index (χ0v) is 10.1. The molecule has 0 fully saturated rings. The number of hydrogen-bond acceptors (Lipinski definition) is 4. The first-order valence-electron chi connectivity index (χ1n) is 5.86. The predicted molar refractivity (Wildman–Crippen MR) is 66.2 cm³/mol. The molecule has 18 heavy (non-hydrogen) atoms. The van der Waals surface area contributed by atoms with Crippen LogP contribution in [0.1, 0.15) is 25.3 Å². The van der Waals surface area contributed by atoms with Gasteiger partial charge in [0.2, 0.25) is 12.0 Å². The van der Waals surface area contributed by atoms with Crippen LogP contribution >= 0.6 is 0 Å². The minimum Gasteiger partial charge on any atom is -0.370 e. The van der Waals surface area contributed by atoms with Gasteiger partial charge in [-0.2, -0.15) is 0 Å². The second kappa shape index (κ2) is 4.64. The molecule has 1 atom stereocenters. The van der Waals surface area contributed by atoms with Crippen LogP contribution in [0.5, 0.6) is 0 Å². The van der Waals surface area contributed by atoms with Crippen molar-refractivity contribution in [3.8, 4) is 0 Å². The third-order valence-corrected chi connectivity index (χ3v) is 3.18. The third-order valence-electron chi connectivity index (χ3n) is 3.18. The van der Waals surface area contributed by atoms with Gasteiger partial charge in [-0.05, 0) is 12.0 Å². The Morgan fingerprint density at radius 1 is 1.61 bits per heavy atom. The number of anilines is 1. The normalized spacial score (nSPS) is 20.9.